The van der Waals surface area contributed by atoms with Gasteiger partial charge in [0.05, 0.1) is 5.41 Å². The molecule has 11 rings (SSSR count). The minimum atomic E-state index is -1.12. The van der Waals surface area contributed by atoms with Gasteiger partial charge in [0.25, 0.3) is 0 Å². The van der Waals surface area contributed by atoms with Crippen molar-refractivity contribution < 1.29 is 13.7 Å². The Hall–Kier alpha value is -3.62. The van der Waals surface area contributed by atoms with E-state index in [-0.39, 0.29) is 16.7 Å². The molecule has 0 saturated heterocycles. The van der Waals surface area contributed by atoms with Crippen LogP contribution in [0.2, 0.25) is 0 Å². The number of carbonyl (C=O) groups excluding carboxylic acids is 1. The minimum Gasteiger partial charge on any atom is -0.339 e. The fourth-order valence-corrected chi connectivity index (χ4v) is 8.59. The number of aryl methyl sites for hydroxylation is 1. The zero-order chi connectivity index (χ0) is 28.3. The molecule has 7 aliphatic carbocycles. The molecule has 4 aromatic rings. The maximum Gasteiger partial charge on any atom is 0.233 e. The lowest BCUT2D eigenvalue weighted by molar-refractivity contribution is -0.211. The number of nitrogens with zero attached hydrogens (tertiary/aromatic N) is 6. The van der Waals surface area contributed by atoms with E-state index in [1.807, 2.05) is 36.2 Å². The Morgan fingerprint density at radius 2 is 1.79 bits per heavy atom. The summed E-state index contributed by atoms with van der Waals surface area (Å²) >= 11 is 0. The number of carbonyl (C=O) groups is 1. The summed E-state index contributed by atoms with van der Waals surface area (Å²) in [5.41, 5.74) is 2.10. The fourth-order valence-electron chi connectivity index (χ4n) is 8.59. The Kier molecular flexibility index (Phi) is 4.90. The Balaban J connectivity index is 1.02. The molecular formula is C33H35FN6O2. The van der Waals surface area contributed by atoms with Crippen LogP contribution >= 0.6 is 0 Å². The predicted octanol–water partition coefficient (Wildman–Crippen LogP) is 6.48. The SMILES string of the molecule is Cc1nc2ccc(-c3cccc(N(CC45CCC(c6nc(C7CC7)no6)(CC4)CC5)C(=O)C45CC(F)(C4)C5)c3)cn2n1. The number of anilines is 1. The van der Waals surface area contributed by atoms with Gasteiger partial charge in [0.15, 0.2) is 11.5 Å². The highest BCUT2D eigenvalue weighted by Gasteiger charge is 2.73. The van der Waals surface area contributed by atoms with Crippen LogP contribution in [0.3, 0.4) is 0 Å². The molecule has 7 aliphatic rings. The molecule has 4 bridgehead atoms. The smallest absolute Gasteiger partial charge is 0.233 e. The topological polar surface area (TPSA) is 89.4 Å². The number of halogens is 1. The number of benzene rings is 1. The van der Waals surface area contributed by atoms with E-state index in [1.165, 1.54) is 12.8 Å². The van der Waals surface area contributed by atoms with Gasteiger partial charge in [0, 0.05) is 35.3 Å². The van der Waals surface area contributed by atoms with E-state index in [9.17, 15) is 9.18 Å². The second kappa shape index (κ2) is 8.26. The van der Waals surface area contributed by atoms with Gasteiger partial charge in [0.2, 0.25) is 11.8 Å². The molecule has 42 heavy (non-hydrogen) atoms. The Bertz CT molecular complexity index is 1710. The van der Waals surface area contributed by atoms with E-state index in [0.717, 1.165) is 78.5 Å². The molecule has 7 fully saturated rings. The number of hydrogen-bond acceptors (Lipinski definition) is 6. The standard InChI is InChI=1S/C33H35FN6O2/c1-21-35-26-8-7-24(16-40(26)37-21)23-3-2-4-25(15-23)39(29(41)32-17-33(34,18-32)19-32)20-30-9-12-31(13-10-30,14-11-30)28-36-27(38-42-28)22-5-6-22/h2-4,7-8,15-16,22H,5-6,9-14,17-20H2,1H3. The molecule has 216 valence electrons. The molecule has 0 aliphatic heterocycles. The molecule has 1 aromatic carbocycles. The number of hydrogen-bond donors (Lipinski definition) is 0. The summed E-state index contributed by atoms with van der Waals surface area (Å²) in [5, 5.41) is 8.80. The third-order valence-corrected chi connectivity index (χ3v) is 11.3. The monoisotopic (exact) mass is 566 g/mol. The third-order valence-electron chi connectivity index (χ3n) is 11.3. The van der Waals surface area contributed by atoms with E-state index in [4.69, 9.17) is 9.51 Å². The van der Waals surface area contributed by atoms with Crippen LogP contribution in [-0.2, 0) is 10.2 Å². The molecule has 0 atom stereocenters. The molecular weight excluding hydrogens is 531 g/mol. The first-order valence-corrected chi connectivity index (χ1v) is 15.5. The average molecular weight is 567 g/mol. The molecule has 9 heteroatoms. The van der Waals surface area contributed by atoms with E-state index in [1.54, 1.807) is 4.52 Å². The summed E-state index contributed by atoms with van der Waals surface area (Å²) in [6.07, 6.45) is 11.5. The Morgan fingerprint density at radius 3 is 2.50 bits per heavy atom. The van der Waals surface area contributed by atoms with Gasteiger partial charge in [-0.15, -0.1) is 0 Å². The highest BCUT2D eigenvalue weighted by molar-refractivity contribution is 6.00. The summed E-state index contributed by atoms with van der Waals surface area (Å²) in [7, 11) is 0. The predicted molar refractivity (Wildman–Crippen MR) is 154 cm³/mol. The van der Waals surface area contributed by atoms with E-state index in [0.29, 0.717) is 31.7 Å². The summed E-state index contributed by atoms with van der Waals surface area (Å²) in [4.78, 5) is 25.6. The second-order valence-corrected chi connectivity index (χ2v) is 14.3. The summed E-state index contributed by atoms with van der Waals surface area (Å²) in [6, 6.07) is 12.3. The van der Waals surface area contributed by atoms with Crippen molar-refractivity contribution in [3.63, 3.8) is 0 Å². The molecule has 7 saturated carbocycles. The van der Waals surface area contributed by atoms with E-state index < -0.39 is 11.1 Å². The van der Waals surface area contributed by atoms with Crippen molar-refractivity contribution in [3.05, 3.63) is 60.1 Å². The second-order valence-electron chi connectivity index (χ2n) is 14.3. The molecule has 1 amide bonds. The van der Waals surface area contributed by atoms with Gasteiger partial charge in [-0.05, 0) is 113 Å². The first-order chi connectivity index (χ1) is 20.3. The van der Waals surface area contributed by atoms with Crippen molar-refractivity contribution in [2.24, 2.45) is 10.8 Å². The fraction of sp³-hybridized carbons (Fsp3) is 0.545. The number of fused-ring (bicyclic) bond motifs is 4. The van der Waals surface area contributed by atoms with Crippen LogP contribution in [0.15, 0.2) is 47.1 Å². The highest BCUT2D eigenvalue weighted by atomic mass is 19.1. The first-order valence-electron chi connectivity index (χ1n) is 15.5. The number of amides is 1. The first kappa shape index (κ1) is 24.9. The highest BCUT2D eigenvalue weighted by Crippen LogP contribution is 2.70. The van der Waals surface area contributed by atoms with Crippen molar-refractivity contribution >= 4 is 17.2 Å². The number of rotatable bonds is 7. The van der Waals surface area contributed by atoms with Crippen LogP contribution in [0.25, 0.3) is 16.8 Å². The van der Waals surface area contributed by atoms with Crippen LogP contribution in [0, 0.1) is 17.8 Å². The molecule has 0 unspecified atom stereocenters. The lowest BCUT2D eigenvalue weighted by atomic mass is 9.41. The molecule has 0 N–H and O–H groups in total. The Labute approximate surface area is 243 Å². The zero-order valence-corrected chi connectivity index (χ0v) is 24.0. The van der Waals surface area contributed by atoms with Gasteiger partial charge in [-0.3, -0.25) is 4.79 Å². The molecule has 3 aromatic heterocycles. The number of aromatic nitrogens is 5. The van der Waals surface area contributed by atoms with Gasteiger partial charge in [-0.25, -0.2) is 13.9 Å². The van der Waals surface area contributed by atoms with E-state index >= 15 is 0 Å². The van der Waals surface area contributed by atoms with Crippen molar-refractivity contribution in [3.8, 4) is 11.1 Å². The van der Waals surface area contributed by atoms with Crippen molar-refractivity contribution in [2.75, 3.05) is 11.4 Å². The van der Waals surface area contributed by atoms with Crippen molar-refractivity contribution in [1.29, 1.82) is 0 Å². The number of pyridine rings is 1. The maximum atomic E-state index is 14.6. The molecule has 0 spiro atoms. The number of alkyl halides is 1. The quantitative estimate of drug-likeness (QED) is 0.254. The van der Waals surface area contributed by atoms with E-state index in [2.05, 4.69) is 33.4 Å². The summed E-state index contributed by atoms with van der Waals surface area (Å²) < 4.78 is 22.3. The van der Waals surface area contributed by atoms with Crippen LogP contribution in [0.1, 0.15) is 94.1 Å². The lowest BCUT2D eigenvalue weighted by Gasteiger charge is -2.65. The largest absolute Gasteiger partial charge is 0.339 e. The van der Waals surface area contributed by atoms with Gasteiger partial charge < -0.3 is 9.42 Å². The van der Waals surface area contributed by atoms with Gasteiger partial charge in [0.1, 0.15) is 11.5 Å². The minimum absolute atomic E-state index is 0.0243. The van der Waals surface area contributed by atoms with Crippen molar-refractivity contribution in [2.45, 2.75) is 94.6 Å². The lowest BCUT2D eigenvalue weighted by Crippen LogP contribution is -2.71. The molecule has 8 nitrogen and oxygen atoms in total. The van der Waals surface area contributed by atoms with Crippen LogP contribution in [0.5, 0.6) is 0 Å². The molecule has 3 heterocycles. The summed E-state index contributed by atoms with van der Waals surface area (Å²) in [5.74, 6) is 3.04. The van der Waals surface area contributed by atoms with Crippen LogP contribution in [0.4, 0.5) is 10.1 Å². The maximum absolute atomic E-state index is 14.6. The van der Waals surface area contributed by atoms with Gasteiger partial charge >= 0.3 is 0 Å². The normalized spacial score (nSPS) is 32.9. The van der Waals surface area contributed by atoms with Gasteiger partial charge in [-0.2, -0.15) is 10.1 Å². The van der Waals surface area contributed by atoms with Crippen LogP contribution < -0.4 is 4.90 Å². The van der Waals surface area contributed by atoms with Gasteiger partial charge in [-0.1, -0.05) is 17.3 Å². The summed E-state index contributed by atoms with van der Waals surface area (Å²) in [6.45, 7) is 2.56. The van der Waals surface area contributed by atoms with Crippen LogP contribution in [-0.4, -0.2) is 42.9 Å². The average Bonchev–Trinajstić information content (AvgIpc) is 3.57. The zero-order valence-electron chi connectivity index (χ0n) is 24.0. The third kappa shape index (κ3) is 3.67. The molecule has 0 radical (unpaired) electrons. The van der Waals surface area contributed by atoms with Crippen molar-refractivity contribution in [1.82, 2.24) is 24.7 Å². The Morgan fingerprint density at radius 1 is 1.02 bits per heavy atom.